The predicted octanol–water partition coefficient (Wildman–Crippen LogP) is 13.6. The number of unbranched alkanes of at least 4 members (excludes halogenated alkanes) is 36. The highest BCUT2D eigenvalue weighted by atomic mass is 16.8. The van der Waals surface area contributed by atoms with Crippen molar-refractivity contribution in [1.29, 1.82) is 0 Å². The van der Waals surface area contributed by atoms with Crippen molar-refractivity contribution in [3.8, 4) is 0 Å². The van der Waals surface area contributed by atoms with E-state index in [0.717, 1.165) is 83.5 Å². The Morgan fingerprint density at radius 1 is 0.366 bits per heavy atom. The van der Waals surface area contributed by atoms with Crippen LogP contribution < -0.4 is 5.32 Å². The lowest BCUT2D eigenvalue weighted by Crippen LogP contribution is -2.66. The molecule has 0 aromatic carbocycles. The van der Waals surface area contributed by atoms with Crippen molar-refractivity contribution in [3.05, 3.63) is 72.9 Å². The Hall–Kier alpha value is -2.77. The van der Waals surface area contributed by atoms with Crippen molar-refractivity contribution in [3.63, 3.8) is 0 Å². The van der Waals surface area contributed by atoms with E-state index in [0.29, 0.717) is 12.8 Å². The van der Waals surface area contributed by atoms with Gasteiger partial charge in [0.25, 0.3) is 0 Å². The molecule has 0 aromatic heterocycles. The highest BCUT2D eigenvalue weighted by molar-refractivity contribution is 5.76. The normalized spacial score (nSPS) is 26.7. The number of hydrogen-bond acceptors (Lipinski definition) is 18. The van der Waals surface area contributed by atoms with Crippen molar-refractivity contribution in [2.45, 2.75) is 413 Å². The second kappa shape index (κ2) is 62.3. The van der Waals surface area contributed by atoms with Gasteiger partial charge in [0.15, 0.2) is 18.9 Å². The van der Waals surface area contributed by atoms with Crippen molar-refractivity contribution >= 4 is 5.91 Å². The fraction of sp³-hybridized carbons (Fsp3) is 0.841. The van der Waals surface area contributed by atoms with Crippen LogP contribution >= 0.6 is 0 Å². The summed E-state index contributed by atoms with van der Waals surface area (Å²) in [6.07, 6.45) is 54.2. The van der Waals surface area contributed by atoms with E-state index in [1.54, 1.807) is 0 Å². The SMILES string of the molecule is CC/C=C\C/C=C\C/C=C\C/C=C\C/C=C\C/C=C\CCCCCCCCCCCCCCCCCCCCC(=O)NC(COC1OC(CO)C(OC2OC(CO)C(OC3OC(CO)C(O)C(O)C3O)C(O)C2O)C(O)C1O)C(O)CCCCCCCCCCCCCCCCCCCCC. The summed E-state index contributed by atoms with van der Waals surface area (Å²) in [5, 5.41) is 121. The number of ether oxygens (including phenoxy) is 6. The lowest BCUT2D eigenvalue weighted by atomic mass is 9.96. The molecule has 0 bridgehead atoms. The van der Waals surface area contributed by atoms with Crippen LogP contribution in [0.5, 0.6) is 0 Å². The second-order valence-electron chi connectivity index (χ2n) is 28.9. The van der Waals surface area contributed by atoms with Crippen LogP contribution in [-0.4, -0.2) is 193 Å². The predicted molar refractivity (Wildman–Crippen MR) is 401 cm³/mol. The fourth-order valence-electron chi connectivity index (χ4n) is 13.6. The molecule has 101 heavy (non-hydrogen) atoms. The van der Waals surface area contributed by atoms with E-state index in [1.165, 1.54) is 193 Å². The zero-order valence-electron chi connectivity index (χ0n) is 62.9. The first kappa shape index (κ1) is 92.4. The molecule has 17 atom stereocenters. The largest absolute Gasteiger partial charge is 0.394 e. The van der Waals surface area contributed by atoms with E-state index in [-0.39, 0.29) is 18.9 Å². The molecule has 0 aliphatic carbocycles. The number of rotatable bonds is 64. The Morgan fingerprint density at radius 2 is 0.683 bits per heavy atom. The first-order valence-corrected chi connectivity index (χ1v) is 40.7. The summed E-state index contributed by atoms with van der Waals surface area (Å²) in [7, 11) is 0. The van der Waals surface area contributed by atoms with Crippen LogP contribution in [0, 0.1) is 0 Å². The fourth-order valence-corrected chi connectivity index (χ4v) is 13.6. The Labute approximate surface area is 610 Å². The maximum atomic E-state index is 13.5. The summed E-state index contributed by atoms with van der Waals surface area (Å²) in [4.78, 5) is 13.5. The van der Waals surface area contributed by atoms with Gasteiger partial charge >= 0.3 is 0 Å². The summed E-state index contributed by atoms with van der Waals surface area (Å²) < 4.78 is 34.5. The number of allylic oxidation sites excluding steroid dienone is 12. The van der Waals surface area contributed by atoms with Gasteiger partial charge in [-0.25, -0.2) is 0 Å². The molecule has 3 fully saturated rings. The van der Waals surface area contributed by atoms with E-state index >= 15 is 0 Å². The number of carbonyl (C=O) groups is 1. The minimum absolute atomic E-state index is 0.240. The first-order chi connectivity index (χ1) is 49.3. The van der Waals surface area contributed by atoms with Gasteiger partial charge in [0, 0.05) is 6.42 Å². The van der Waals surface area contributed by atoms with Crippen LogP contribution in [0.15, 0.2) is 72.9 Å². The first-order valence-electron chi connectivity index (χ1n) is 40.7. The molecule has 3 aliphatic heterocycles. The number of aliphatic hydroxyl groups excluding tert-OH is 11. The van der Waals surface area contributed by atoms with Crippen LogP contribution in [0.2, 0.25) is 0 Å². The third-order valence-corrected chi connectivity index (χ3v) is 20.0. The lowest BCUT2D eigenvalue weighted by Gasteiger charge is -2.48. The van der Waals surface area contributed by atoms with Crippen LogP contribution in [0.4, 0.5) is 0 Å². The van der Waals surface area contributed by atoms with E-state index in [9.17, 15) is 61.0 Å². The van der Waals surface area contributed by atoms with E-state index in [2.05, 4.69) is 92.1 Å². The van der Waals surface area contributed by atoms with Gasteiger partial charge in [0.1, 0.15) is 73.2 Å². The summed E-state index contributed by atoms with van der Waals surface area (Å²) in [5.74, 6) is -0.240. The Balaban J connectivity index is 1.32. The highest BCUT2D eigenvalue weighted by Crippen LogP contribution is 2.33. The summed E-state index contributed by atoms with van der Waals surface area (Å²) in [5.41, 5.74) is 0. The quantitative estimate of drug-likeness (QED) is 0.0199. The lowest BCUT2D eigenvalue weighted by molar-refractivity contribution is -0.379. The van der Waals surface area contributed by atoms with Gasteiger partial charge in [-0.05, 0) is 64.2 Å². The van der Waals surface area contributed by atoms with E-state index in [1.807, 2.05) is 0 Å². The average molecular weight is 1440 g/mol. The zero-order valence-corrected chi connectivity index (χ0v) is 62.9. The number of carbonyl (C=O) groups excluding carboxylic acids is 1. The second-order valence-corrected chi connectivity index (χ2v) is 28.9. The Kier molecular flexibility index (Phi) is 57.0. The van der Waals surface area contributed by atoms with Gasteiger partial charge in [-0.2, -0.15) is 0 Å². The zero-order chi connectivity index (χ0) is 73.2. The smallest absolute Gasteiger partial charge is 0.220 e. The molecule has 0 spiro atoms. The van der Waals surface area contributed by atoms with Crippen molar-refractivity contribution < 1.29 is 89.4 Å². The van der Waals surface area contributed by atoms with Crippen LogP contribution in [0.3, 0.4) is 0 Å². The molecule has 19 heteroatoms. The van der Waals surface area contributed by atoms with Crippen molar-refractivity contribution in [2.75, 3.05) is 26.4 Å². The maximum absolute atomic E-state index is 13.5. The average Bonchev–Trinajstić information content (AvgIpc) is 0.789. The monoisotopic (exact) mass is 1430 g/mol. The highest BCUT2D eigenvalue weighted by Gasteiger charge is 2.54. The van der Waals surface area contributed by atoms with Gasteiger partial charge in [0.05, 0.1) is 38.6 Å². The molecule has 588 valence electrons. The Morgan fingerprint density at radius 3 is 1.07 bits per heavy atom. The van der Waals surface area contributed by atoms with Gasteiger partial charge in [0.2, 0.25) is 5.91 Å². The number of nitrogens with one attached hydrogen (secondary N) is 1. The molecule has 3 aliphatic rings. The summed E-state index contributed by atoms with van der Waals surface area (Å²) >= 11 is 0. The molecule has 12 N–H and O–H groups in total. The van der Waals surface area contributed by atoms with E-state index in [4.69, 9.17) is 28.4 Å². The minimum Gasteiger partial charge on any atom is -0.394 e. The van der Waals surface area contributed by atoms with Gasteiger partial charge < -0.3 is 89.9 Å². The number of amides is 1. The topological polar surface area (TPSA) is 307 Å². The standard InChI is InChI=1S/C82H147NO18/c1-3-5-7-9-11-13-15-17-19-21-23-24-25-26-27-28-29-30-31-32-33-34-35-36-37-38-39-40-42-44-46-48-50-52-54-56-58-60-70(88)83-65(66(87)59-57-55-53-51-49-47-45-43-41-22-20-18-16-14-12-10-8-6-4-2)64-96-80-76(94)73(91)78(68(62-85)98-80)101-82-77(95)74(92)79(69(63-86)99-82)100-81-75(93)72(90)71(89)67(61-84)97-81/h5,7,11,13,17,19,23-24,26-27,29-30,65-69,71-82,84-87,89-95H,3-4,6,8-10,12,14-16,18,20-22,25,28,31-64H2,1-2H3,(H,83,88)/b7-5-,13-11-,19-17-,24-23-,27-26-,30-29-. The van der Waals surface area contributed by atoms with Crippen LogP contribution in [-0.2, 0) is 33.2 Å². The molecule has 0 radical (unpaired) electrons. The molecule has 0 aromatic rings. The molecular weight excluding hydrogens is 1290 g/mol. The van der Waals surface area contributed by atoms with Crippen LogP contribution in [0.25, 0.3) is 0 Å². The molecular formula is C82H147NO18. The third kappa shape index (κ3) is 42.4. The molecule has 3 rings (SSSR count). The van der Waals surface area contributed by atoms with Gasteiger partial charge in [-0.15, -0.1) is 0 Å². The maximum Gasteiger partial charge on any atom is 0.220 e. The number of aliphatic hydroxyl groups is 11. The van der Waals surface area contributed by atoms with Crippen molar-refractivity contribution in [2.24, 2.45) is 0 Å². The van der Waals surface area contributed by atoms with Crippen molar-refractivity contribution in [1.82, 2.24) is 5.32 Å². The van der Waals surface area contributed by atoms with Gasteiger partial charge in [-0.3, -0.25) is 4.79 Å². The molecule has 0 saturated carbocycles. The minimum atomic E-state index is -1.97. The summed E-state index contributed by atoms with van der Waals surface area (Å²) in [6.45, 7) is 1.72. The molecule has 17 unspecified atom stereocenters. The molecule has 3 saturated heterocycles. The number of hydrogen-bond donors (Lipinski definition) is 12. The van der Waals surface area contributed by atoms with Crippen LogP contribution in [0.1, 0.15) is 309 Å². The molecule has 19 nitrogen and oxygen atoms in total. The molecule has 1 amide bonds. The Bertz CT molecular complexity index is 2110. The third-order valence-electron chi connectivity index (χ3n) is 20.0. The summed E-state index contributed by atoms with van der Waals surface area (Å²) in [6, 6.07) is -0.889. The van der Waals surface area contributed by atoms with E-state index < -0.39 is 124 Å². The molecule has 3 heterocycles. The van der Waals surface area contributed by atoms with Gasteiger partial charge in [-0.1, -0.05) is 311 Å².